The van der Waals surface area contributed by atoms with Crippen LogP contribution in [0.2, 0.25) is 0 Å². The van der Waals surface area contributed by atoms with Crippen LogP contribution in [0.1, 0.15) is 5.56 Å². The number of aryl methyl sites for hydroxylation is 1. The average molecular weight is 398 g/mol. The number of nitrogens with zero attached hydrogens (tertiary/aromatic N) is 1. The van der Waals surface area contributed by atoms with E-state index >= 15 is 0 Å². The number of hydrogen-bond acceptors (Lipinski definition) is 6. The van der Waals surface area contributed by atoms with Gasteiger partial charge in [0.25, 0.3) is 5.91 Å². The van der Waals surface area contributed by atoms with Gasteiger partial charge in [0.1, 0.15) is 6.61 Å². The molecule has 0 radical (unpaired) electrons. The quantitative estimate of drug-likeness (QED) is 0.746. The predicted molar refractivity (Wildman–Crippen MR) is 105 cm³/mol. The van der Waals surface area contributed by atoms with Gasteiger partial charge in [0.2, 0.25) is 12.0 Å². The van der Waals surface area contributed by atoms with Gasteiger partial charge in [-0.3, -0.25) is 9.59 Å². The molecule has 2 amide bonds. The van der Waals surface area contributed by atoms with E-state index in [1.54, 1.807) is 36.4 Å². The molecule has 0 bridgehead atoms. The zero-order chi connectivity index (χ0) is 20.8. The maximum Gasteiger partial charge on any atom is 0.351 e. The Hall–Kier alpha value is -3.55. The first-order valence-corrected chi connectivity index (χ1v) is 9.08. The van der Waals surface area contributed by atoms with Crippen molar-refractivity contribution in [2.45, 2.75) is 13.0 Å². The second-order valence-electron chi connectivity index (χ2n) is 6.64. The van der Waals surface area contributed by atoms with Gasteiger partial charge in [0.15, 0.2) is 18.1 Å². The van der Waals surface area contributed by atoms with Gasteiger partial charge in [-0.25, -0.2) is 4.79 Å². The number of nitrogens with one attached hydrogen (secondary N) is 1. The number of likely N-dealkylation sites (N-methyl/N-ethyl adjacent to an activating group) is 1. The molecule has 0 saturated heterocycles. The van der Waals surface area contributed by atoms with Crippen LogP contribution in [0.3, 0.4) is 0 Å². The van der Waals surface area contributed by atoms with Crippen molar-refractivity contribution < 1.29 is 28.6 Å². The summed E-state index contributed by atoms with van der Waals surface area (Å²) in [5, 5.41) is 2.70. The minimum Gasteiger partial charge on any atom is -0.485 e. The molecule has 2 aromatic rings. The Morgan fingerprint density at radius 2 is 1.79 bits per heavy atom. The highest BCUT2D eigenvalue weighted by molar-refractivity contribution is 5.94. The maximum absolute atomic E-state index is 12.2. The molecule has 1 atom stereocenters. The van der Waals surface area contributed by atoms with Crippen LogP contribution >= 0.6 is 0 Å². The Balaban J connectivity index is 1.43. The lowest BCUT2D eigenvalue weighted by molar-refractivity contribution is -0.159. The molecule has 8 nitrogen and oxygen atoms in total. The van der Waals surface area contributed by atoms with Crippen LogP contribution in [0.15, 0.2) is 48.5 Å². The molecule has 0 spiro atoms. The SMILES string of the molecule is Cc1ccc(NC(=O)CN(C)C(=O)COC(=O)[C@@H]2COc3ccccc3O2)cc1. The fourth-order valence-corrected chi connectivity index (χ4v) is 2.61. The van der Waals surface area contributed by atoms with Gasteiger partial charge < -0.3 is 24.4 Å². The summed E-state index contributed by atoms with van der Waals surface area (Å²) < 4.78 is 16.0. The molecule has 0 saturated carbocycles. The molecular formula is C21H22N2O6. The summed E-state index contributed by atoms with van der Waals surface area (Å²) in [4.78, 5) is 37.6. The maximum atomic E-state index is 12.2. The highest BCUT2D eigenvalue weighted by Crippen LogP contribution is 2.31. The van der Waals surface area contributed by atoms with Crippen molar-refractivity contribution in [3.63, 3.8) is 0 Å². The summed E-state index contributed by atoms with van der Waals surface area (Å²) in [6.07, 6.45) is -0.951. The molecule has 0 unspecified atom stereocenters. The first kappa shape index (κ1) is 20.2. The molecule has 3 rings (SSSR count). The molecule has 0 fully saturated rings. The van der Waals surface area contributed by atoms with Crippen LogP contribution in [0.5, 0.6) is 11.5 Å². The lowest BCUT2D eigenvalue weighted by Crippen LogP contribution is -2.41. The zero-order valence-corrected chi connectivity index (χ0v) is 16.2. The second-order valence-corrected chi connectivity index (χ2v) is 6.64. The van der Waals surface area contributed by atoms with Gasteiger partial charge in [-0.1, -0.05) is 29.8 Å². The van der Waals surface area contributed by atoms with Crippen molar-refractivity contribution in [3.8, 4) is 11.5 Å². The molecule has 152 valence electrons. The van der Waals surface area contributed by atoms with E-state index in [2.05, 4.69) is 5.32 Å². The molecule has 0 aliphatic carbocycles. The molecular weight excluding hydrogens is 376 g/mol. The number of para-hydroxylation sites is 2. The number of carbonyl (C=O) groups excluding carboxylic acids is 3. The van der Waals surface area contributed by atoms with Crippen molar-refractivity contribution in [1.82, 2.24) is 4.90 Å². The van der Waals surface area contributed by atoms with Crippen LogP contribution in [0, 0.1) is 6.92 Å². The van der Waals surface area contributed by atoms with Gasteiger partial charge in [0.05, 0.1) is 6.54 Å². The van der Waals surface area contributed by atoms with Crippen molar-refractivity contribution in [2.75, 3.05) is 32.1 Å². The molecule has 0 aromatic heterocycles. The molecule has 29 heavy (non-hydrogen) atoms. The number of amides is 2. The third-order valence-electron chi connectivity index (χ3n) is 4.25. The minimum absolute atomic E-state index is 0.00116. The number of fused-ring (bicyclic) bond motifs is 1. The number of esters is 1. The number of carbonyl (C=O) groups is 3. The standard InChI is InChI=1S/C21H22N2O6/c1-14-7-9-15(10-8-14)22-19(24)11-23(2)20(25)13-28-21(26)18-12-27-16-5-3-4-6-17(16)29-18/h3-10,18H,11-13H2,1-2H3,(H,22,24)/t18-/m0/s1. The van der Waals surface area contributed by atoms with Crippen LogP contribution in [0.25, 0.3) is 0 Å². The van der Waals surface area contributed by atoms with Gasteiger partial charge in [-0.15, -0.1) is 0 Å². The monoisotopic (exact) mass is 398 g/mol. The predicted octanol–water partition coefficient (Wildman–Crippen LogP) is 1.78. The lowest BCUT2D eigenvalue weighted by atomic mass is 10.2. The summed E-state index contributed by atoms with van der Waals surface area (Å²) in [7, 11) is 1.46. The van der Waals surface area contributed by atoms with Crippen molar-refractivity contribution in [1.29, 1.82) is 0 Å². The first-order valence-electron chi connectivity index (χ1n) is 9.08. The molecule has 1 aliphatic heterocycles. The third-order valence-corrected chi connectivity index (χ3v) is 4.25. The number of hydrogen-bond donors (Lipinski definition) is 1. The summed E-state index contributed by atoms with van der Waals surface area (Å²) >= 11 is 0. The molecule has 2 aromatic carbocycles. The number of anilines is 1. The van der Waals surface area contributed by atoms with Crippen molar-refractivity contribution >= 4 is 23.5 Å². The van der Waals surface area contributed by atoms with Gasteiger partial charge >= 0.3 is 5.97 Å². The largest absolute Gasteiger partial charge is 0.485 e. The summed E-state index contributed by atoms with van der Waals surface area (Å²) in [6, 6.07) is 14.3. The highest BCUT2D eigenvalue weighted by Gasteiger charge is 2.29. The third kappa shape index (κ3) is 5.47. The fraction of sp³-hybridized carbons (Fsp3) is 0.286. The molecule has 1 aliphatic rings. The van der Waals surface area contributed by atoms with Crippen LogP contribution < -0.4 is 14.8 Å². The first-order chi connectivity index (χ1) is 13.9. The second kappa shape index (κ2) is 9.09. The van der Waals surface area contributed by atoms with Gasteiger partial charge in [-0.05, 0) is 31.2 Å². The van der Waals surface area contributed by atoms with E-state index in [-0.39, 0.29) is 19.1 Å². The van der Waals surface area contributed by atoms with E-state index in [1.807, 2.05) is 19.1 Å². The van der Waals surface area contributed by atoms with Gasteiger partial charge in [0, 0.05) is 12.7 Å². The van der Waals surface area contributed by atoms with Crippen LogP contribution in [-0.4, -0.2) is 55.6 Å². The van der Waals surface area contributed by atoms with E-state index in [1.165, 1.54) is 11.9 Å². The zero-order valence-electron chi connectivity index (χ0n) is 16.2. The number of benzene rings is 2. The normalized spacial score (nSPS) is 14.6. The fourth-order valence-electron chi connectivity index (χ4n) is 2.61. The van der Waals surface area contributed by atoms with E-state index in [9.17, 15) is 14.4 Å². The lowest BCUT2D eigenvalue weighted by Gasteiger charge is -2.25. The Kier molecular flexibility index (Phi) is 6.33. The van der Waals surface area contributed by atoms with E-state index in [0.29, 0.717) is 17.2 Å². The summed E-state index contributed by atoms with van der Waals surface area (Å²) in [5.41, 5.74) is 1.72. The van der Waals surface area contributed by atoms with E-state index in [4.69, 9.17) is 14.2 Å². The minimum atomic E-state index is -0.951. The Morgan fingerprint density at radius 1 is 1.10 bits per heavy atom. The Labute approximate surface area is 168 Å². The number of ether oxygens (including phenoxy) is 3. The Morgan fingerprint density at radius 3 is 2.52 bits per heavy atom. The summed E-state index contributed by atoms with van der Waals surface area (Å²) in [5.74, 6) is -0.569. The van der Waals surface area contributed by atoms with Crippen LogP contribution in [0.4, 0.5) is 5.69 Å². The molecule has 1 N–H and O–H groups in total. The molecule has 1 heterocycles. The topological polar surface area (TPSA) is 94.2 Å². The Bertz CT molecular complexity index is 896. The smallest absolute Gasteiger partial charge is 0.351 e. The molecule has 8 heteroatoms. The van der Waals surface area contributed by atoms with Crippen LogP contribution in [-0.2, 0) is 19.1 Å². The van der Waals surface area contributed by atoms with Crippen molar-refractivity contribution in [2.24, 2.45) is 0 Å². The van der Waals surface area contributed by atoms with E-state index in [0.717, 1.165) is 5.56 Å². The average Bonchev–Trinajstić information content (AvgIpc) is 2.72. The summed E-state index contributed by atoms with van der Waals surface area (Å²) in [6.45, 7) is 1.29. The van der Waals surface area contributed by atoms with Gasteiger partial charge in [-0.2, -0.15) is 0 Å². The highest BCUT2D eigenvalue weighted by atomic mass is 16.6. The van der Waals surface area contributed by atoms with Crippen molar-refractivity contribution in [3.05, 3.63) is 54.1 Å². The number of rotatable bonds is 6. The van der Waals surface area contributed by atoms with E-state index < -0.39 is 24.6 Å².